The van der Waals surface area contributed by atoms with Crippen molar-refractivity contribution in [3.8, 4) is 11.8 Å². The molecule has 0 N–H and O–H groups in total. The molecule has 1 aromatic carbocycles. The molecule has 0 aromatic heterocycles. The van der Waals surface area contributed by atoms with Crippen LogP contribution in [0.4, 0.5) is 0 Å². The van der Waals surface area contributed by atoms with Crippen molar-refractivity contribution in [1.82, 2.24) is 0 Å². The zero-order chi connectivity index (χ0) is 12.2. The van der Waals surface area contributed by atoms with E-state index in [1.54, 1.807) is 0 Å². The molecule has 0 spiro atoms. The predicted molar refractivity (Wildman–Crippen MR) is 65.4 cm³/mol. The summed E-state index contributed by atoms with van der Waals surface area (Å²) in [7, 11) is 0. The minimum atomic E-state index is -0.437. The lowest BCUT2D eigenvalue weighted by atomic mass is 9.97. The van der Waals surface area contributed by atoms with Crippen LogP contribution in [-0.4, -0.2) is 6.61 Å². The molecule has 0 saturated carbocycles. The lowest BCUT2D eigenvalue weighted by Gasteiger charge is -2.17. The minimum Gasteiger partial charge on any atom is -0.492 e. The van der Waals surface area contributed by atoms with Crippen LogP contribution in [0, 0.1) is 16.7 Å². The van der Waals surface area contributed by atoms with E-state index in [1.807, 2.05) is 32.0 Å². The Morgan fingerprint density at radius 3 is 2.62 bits per heavy atom. The van der Waals surface area contributed by atoms with Gasteiger partial charge in [-0.2, -0.15) is 5.26 Å². The van der Waals surface area contributed by atoms with Gasteiger partial charge >= 0.3 is 0 Å². The monoisotopic (exact) mass is 217 g/mol. The molecule has 0 saturated heterocycles. The summed E-state index contributed by atoms with van der Waals surface area (Å²) < 4.78 is 5.63. The summed E-state index contributed by atoms with van der Waals surface area (Å²) in [6, 6.07) is 10.3. The van der Waals surface area contributed by atoms with Gasteiger partial charge in [0.2, 0.25) is 0 Å². The molecule has 2 heteroatoms. The molecule has 0 amide bonds. The highest BCUT2D eigenvalue weighted by atomic mass is 16.5. The summed E-state index contributed by atoms with van der Waals surface area (Å²) in [5, 5.41) is 8.88. The van der Waals surface area contributed by atoms with Gasteiger partial charge in [0.25, 0.3) is 0 Å². The average molecular weight is 217 g/mol. The highest BCUT2D eigenvalue weighted by molar-refractivity contribution is 5.30. The van der Waals surface area contributed by atoms with Crippen molar-refractivity contribution in [2.45, 2.75) is 33.6 Å². The smallest absolute Gasteiger partial charge is 0.119 e. The van der Waals surface area contributed by atoms with E-state index in [0.717, 1.165) is 5.75 Å². The SMILES string of the molecule is CC(C)c1cccc(OCC(C)(C)C#N)c1. The second kappa shape index (κ2) is 5.03. The van der Waals surface area contributed by atoms with E-state index >= 15 is 0 Å². The fourth-order valence-electron chi connectivity index (χ4n) is 1.26. The minimum absolute atomic E-state index is 0.422. The van der Waals surface area contributed by atoms with E-state index in [1.165, 1.54) is 5.56 Å². The molecule has 0 radical (unpaired) electrons. The molecule has 16 heavy (non-hydrogen) atoms. The molecular formula is C14H19NO. The van der Waals surface area contributed by atoms with Crippen LogP contribution >= 0.6 is 0 Å². The van der Waals surface area contributed by atoms with Crippen LogP contribution in [0.3, 0.4) is 0 Å². The second-order valence-corrected chi connectivity index (χ2v) is 5.01. The number of rotatable bonds is 4. The molecule has 1 aromatic rings. The third-order valence-corrected chi connectivity index (χ3v) is 2.43. The fraction of sp³-hybridized carbons (Fsp3) is 0.500. The molecule has 0 aliphatic heterocycles. The molecule has 0 bridgehead atoms. The van der Waals surface area contributed by atoms with Crippen molar-refractivity contribution in [2.75, 3.05) is 6.61 Å². The Morgan fingerprint density at radius 1 is 1.38 bits per heavy atom. The van der Waals surface area contributed by atoms with E-state index < -0.39 is 5.41 Å². The summed E-state index contributed by atoms with van der Waals surface area (Å²) in [4.78, 5) is 0. The van der Waals surface area contributed by atoms with Crippen molar-refractivity contribution < 1.29 is 4.74 Å². The average Bonchev–Trinajstić information content (AvgIpc) is 2.27. The van der Waals surface area contributed by atoms with E-state index in [9.17, 15) is 0 Å². The van der Waals surface area contributed by atoms with E-state index in [-0.39, 0.29) is 0 Å². The van der Waals surface area contributed by atoms with Crippen LogP contribution in [0.2, 0.25) is 0 Å². The Hall–Kier alpha value is -1.49. The van der Waals surface area contributed by atoms with Crippen molar-refractivity contribution in [3.63, 3.8) is 0 Å². The van der Waals surface area contributed by atoms with Gasteiger partial charge in [0.1, 0.15) is 12.4 Å². The lowest BCUT2D eigenvalue weighted by molar-refractivity contribution is 0.227. The lowest BCUT2D eigenvalue weighted by Crippen LogP contribution is -2.19. The normalized spacial score (nSPS) is 11.2. The quantitative estimate of drug-likeness (QED) is 0.769. The number of nitriles is 1. The first-order valence-electron chi connectivity index (χ1n) is 5.58. The highest BCUT2D eigenvalue weighted by Crippen LogP contribution is 2.22. The largest absolute Gasteiger partial charge is 0.492 e. The molecule has 1 rings (SSSR count). The molecule has 0 heterocycles. The summed E-state index contributed by atoms with van der Waals surface area (Å²) >= 11 is 0. The van der Waals surface area contributed by atoms with Gasteiger partial charge in [0.15, 0.2) is 0 Å². The third kappa shape index (κ3) is 3.58. The van der Waals surface area contributed by atoms with E-state index in [2.05, 4.69) is 26.0 Å². The summed E-state index contributed by atoms with van der Waals surface area (Å²) in [5.41, 5.74) is 0.820. The van der Waals surface area contributed by atoms with Crippen LogP contribution < -0.4 is 4.74 Å². The number of ether oxygens (including phenoxy) is 1. The van der Waals surface area contributed by atoms with E-state index in [4.69, 9.17) is 10.00 Å². The van der Waals surface area contributed by atoms with Gasteiger partial charge in [-0.15, -0.1) is 0 Å². The third-order valence-electron chi connectivity index (χ3n) is 2.43. The molecule has 0 atom stereocenters. The number of benzene rings is 1. The maximum absolute atomic E-state index is 8.88. The van der Waals surface area contributed by atoms with Gasteiger partial charge in [0, 0.05) is 0 Å². The van der Waals surface area contributed by atoms with Crippen LogP contribution in [-0.2, 0) is 0 Å². The molecule has 0 fully saturated rings. The Balaban J connectivity index is 2.69. The second-order valence-electron chi connectivity index (χ2n) is 5.01. The zero-order valence-electron chi connectivity index (χ0n) is 10.4. The molecule has 86 valence electrons. The topological polar surface area (TPSA) is 33.0 Å². The van der Waals surface area contributed by atoms with Crippen molar-refractivity contribution >= 4 is 0 Å². The number of nitrogens with zero attached hydrogens (tertiary/aromatic N) is 1. The Morgan fingerprint density at radius 2 is 2.06 bits per heavy atom. The number of hydrogen-bond acceptors (Lipinski definition) is 2. The van der Waals surface area contributed by atoms with Gasteiger partial charge in [-0.25, -0.2) is 0 Å². The van der Waals surface area contributed by atoms with Gasteiger partial charge in [0.05, 0.1) is 11.5 Å². The molecule has 0 aliphatic carbocycles. The highest BCUT2D eigenvalue weighted by Gasteiger charge is 2.17. The Labute approximate surface area is 97.9 Å². The van der Waals surface area contributed by atoms with Crippen LogP contribution in [0.5, 0.6) is 5.75 Å². The standard InChI is InChI=1S/C14H19NO/c1-11(2)12-6-5-7-13(8-12)16-10-14(3,4)9-15/h5-8,11H,10H2,1-4H3. The van der Waals surface area contributed by atoms with Crippen LogP contribution in [0.1, 0.15) is 39.2 Å². The van der Waals surface area contributed by atoms with E-state index in [0.29, 0.717) is 12.5 Å². The van der Waals surface area contributed by atoms with Crippen molar-refractivity contribution in [3.05, 3.63) is 29.8 Å². The zero-order valence-corrected chi connectivity index (χ0v) is 10.4. The molecule has 0 aliphatic rings. The van der Waals surface area contributed by atoms with Gasteiger partial charge < -0.3 is 4.74 Å². The predicted octanol–water partition coefficient (Wildman–Crippen LogP) is 3.74. The summed E-state index contributed by atoms with van der Waals surface area (Å²) in [6.07, 6.45) is 0. The maximum Gasteiger partial charge on any atom is 0.119 e. The van der Waals surface area contributed by atoms with Crippen molar-refractivity contribution in [2.24, 2.45) is 5.41 Å². The van der Waals surface area contributed by atoms with Crippen LogP contribution in [0.15, 0.2) is 24.3 Å². The first kappa shape index (κ1) is 12.6. The van der Waals surface area contributed by atoms with Gasteiger partial charge in [-0.3, -0.25) is 0 Å². The van der Waals surface area contributed by atoms with Gasteiger partial charge in [-0.05, 0) is 37.5 Å². The van der Waals surface area contributed by atoms with Crippen LogP contribution in [0.25, 0.3) is 0 Å². The Kier molecular flexibility index (Phi) is 3.95. The first-order chi connectivity index (χ1) is 7.44. The Bertz CT molecular complexity index is 388. The molecular weight excluding hydrogens is 198 g/mol. The summed E-state index contributed by atoms with van der Waals surface area (Å²) in [6.45, 7) is 8.47. The van der Waals surface area contributed by atoms with Gasteiger partial charge in [-0.1, -0.05) is 26.0 Å². The molecule has 2 nitrogen and oxygen atoms in total. The maximum atomic E-state index is 8.88. The first-order valence-corrected chi connectivity index (χ1v) is 5.58. The number of hydrogen-bond donors (Lipinski definition) is 0. The fourth-order valence-corrected chi connectivity index (χ4v) is 1.26. The summed E-state index contributed by atoms with van der Waals surface area (Å²) in [5.74, 6) is 1.34. The van der Waals surface area contributed by atoms with Crippen molar-refractivity contribution in [1.29, 1.82) is 5.26 Å². The molecule has 0 unspecified atom stereocenters.